The van der Waals surface area contributed by atoms with Crippen LogP contribution in [0.5, 0.6) is 0 Å². The molecule has 1 heterocycles. The maximum Gasteiger partial charge on any atom is 0.417 e. The molecule has 0 saturated heterocycles. The molecule has 0 unspecified atom stereocenters. The van der Waals surface area contributed by atoms with E-state index < -0.39 is 5.76 Å². The van der Waals surface area contributed by atoms with Crippen molar-refractivity contribution in [1.29, 1.82) is 0 Å². The Morgan fingerprint density at radius 3 is 2.43 bits per heavy atom. The number of aromatic nitrogens is 1. The molecule has 23 heavy (non-hydrogen) atoms. The molecule has 2 N–H and O–H groups in total. The maximum absolute atomic E-state index is 12.3. The van der Waals surface area contributed by atoms with Gasteiger partial charge in [0.2, 0.25) is 0 Å². The molecule has 3 rings (SSSR count). The number of fused-ring (bicyclic) bond motifs is 1. The number of oxazole rings is 1. The topological polar surface area (TPSA) is 75.1 Å². The summed E-state index contributed by atoms with van der Waals surface area (Å²) in [6.45, 7) is 6.38. The number of benzene rings is 2. The lowest BCUT2D eigenvalue weighted by Gasteiger charge is -2.19. The quantitative estimate of drug-likeness (QED) is 0.758. The summed E-state index contributed by atoms with van der Waals surface area (Å²) in [6.07, 6.45) is 0. The van der Waals surface area contributed by atoms with E-state index in [0.717, 1.165) is 0 Å². The summed E-state index contributed by atoms with van der Waals surface area (Å²) in [5, 5.41) is 2.82. The van der Waals surface area contributed by atoms with Gasteiger partial charge in [-0.3, -0.25) is 9.78 Å². The van der Waals surface area contributed by atoms with E-state index in [1.807, 2.05) is 24.3 Å². The molecule has 5 heteroatoms. The van der Waals surface area contributed by atoms with E-state index >= 15 is 0 Å². The highest BCUT2D eigenvalue weighted by molar-refractivity contribution is 6.04. The lowest BCUT2D eigenvalue weighted by molar-refractivity contribution is 0.102. The summed E-state index contributed by atoms with van der Waals surface area (Å²) in [7, 11) is 0. The summed E-state index contributed by atoms with van der Waals surface area (Å²) in [6, 6.07) is 12.6. The molecular weight excluding hydrogens is 292 g/mol. The van der Waals surface area contributed by atoms with Gasteiger partial charge in [-0.05, 0) is 41.3 Å². The summed E-state index contributed by atoms with van der Waals surface area (Å²) < 4.78 is 4.93. The molecule has 0 saturated carbocycles. The van der Waals surface area contributed by atoms with E-state index in [1.54, 1.807) is 18.2 Å². The monoisotopic (exact) mass is 310 g/mol. The predicted molar refractivity (Wildman–Crippen MR) is 89.9 cm³/mol. The average Bonchev–Trinajstić information content (AvgIpc) is 2.86. The fourth-order valence-electron chi connectivity index (χ4n) is 2.35. The van der Waals surface area contributed by atoms with Gasteiger partial charge in [-0.2, -0.15) is 0 Å². The van der Waals surface area contributed by atoms with Crippen molar-refractivity contribution in [2.75, 3.05) is 5.32 Å². The molecule has 1 amide bonds. The van der Waals surface area contributed by atoms with Gasteiger partial charge < -0.3 is 9.73 Å². The molecule has 0 atom stereocenters. The molecule has 118 valence electrons. The number of H-pyrrole nitrogens is 1. The number of hydrogen-bond acceptors (Lipinski definition) is 3. The van der Waals surface area contributed by atoms with E-state index in [1.165, 1.54) is 5.56 Å². The van der Waals surface area contributed by atoms with Gasteiger partial charge >= 0.3 is 5.76 Å². The number of nitrogens with one attached hydrogen (secondary N) is 2. The van der Waals surface area contributed by atoms with Crippen LogP contribution >= 0.6 is 0 Å². The third kappa shape index (κ3) is 3.18. The molecule has 2 aromatic carbocycles. The van der Waals surface area contributed by atoms with Crippen molar-refractivity contribution in [3.8, 4) is 0 Å². The van der Waals surface area contributed by atoms with Crippen LogP contribution in [0, 0.1) is 0 Å². The first kappa shape index (κ1) is 15.1. The SMILES string of the molecule is CC(C)(C)c1ccc(C(=O)Nc2ccc3oc(=O)[nH]c3c2)cc1. The van der Waals surface area contributed by atoms with E-state index in [-0.39, 0.29) is 11.3 Å². The molecular formula is C18H18N2O3. The Kier molecular flexibility index (Phi) is 3.56. The van der Waals surface area contributed by atoms with Crippen LogP contribution < -0.4 is 11.1 Å². The number of carbonyl (C=O) groups is 1. The van der Waals surface area contributed by atoms with Crippen LogP contribution in [0.1, 0.15) is 36.7 Å². The Morgan fingerprint density at radius 1 is 1.09 bits per heavy atom. The van der Waals surface area contributed by atoms with Crippen molar-refractivity contribution in [1.82, 2.24) is 4.98 Å². The number of anilines is 1. The van der Waals surface area contributed by atoms with Gasteiger partial charge in [-0.15, -0.1) is 0 Å². The Hall–Kier alpha value is -2.82. The third-order valence-electron chi connectivity index (χ3n) is 3.69. The first-order chi connectivity index (χ1) is 10.8. The minimum absolute atomic E-state index is 0.0488. The van der Waals surface area contributed by atoms with Crippen LogP contribution in [0.4, 0.5) is 5.69 Å². The van der Waals surface area contributed by atoms with Gasteiger partial charge in [0.25, 0.3) is 5.91 Å². The summed E-state index contributed by atoms with van der Waals surface area (Å²) in [4.78, 5) is 26.0. The van der Waals surface area contributed by atoms with Gasteiger partial charge in [0.15, 0.2) is 5.58 Å². The lowest BCUT2D eigenvalue weighted by Crippen LogP contribution is -2.14. The van der Waals surface area contributed by atoms with E-state index in [0.29, 0.717) is 22.4 Å². The fourth-order valence-corrected chi connectivity index (χ4v) is 2.35. The molecule has 0 radical (unpaired) electrons. The van der Waals surface area contributed by atoms with E-state index in [9.17, 15) is 9.59 Å². The second-order valence-corrected chi connectivity index (χ2v) is 6.51. The Balaban J connectivity index is 1.81. The van der Waals surface area contributed by atoms with Crippen LogP contribution in [-0.4, -0.2) is 10.9 Å². The molecule has 0 spiro atoms. The Labute approximate surface area is 133 Å². The van der Waals surface area contributed by atoms with Crippen LogP contribution in [0.3, 0.4) is 0 Å². The highest BCUT2D eigenvalue weighted by Crippen LogP contribution is 2.23. The van der Waals surface area contributed by atoms with Crippen LogP contribution in [-0.2, 0) is 5.41 Å². The van der Waals surface area contributed by atoms with Crippen molar-refractivity contribution in [3.05, 3.63) is 64.1 Å². The molecule has 0 fully saturated rings. The first-order valence-corrected chi connectivity index (χ1v) is 7.38. The lowest BCUT2D eigenvalue weighted by atomic mass is 9.87. The smallest absolute Gasteiger partial charge is 0.408 e. The highest BCUT2D eigenvalue weighted by Gasteiger charge is 2.14. The molecule has 0 bridgehead atoms. The number of carbonyl (C=O) groups excluding carboxylic acids is 1. The van der Waals surface area contributed by atoms with Crippen molar-refractivity contribution in [2.45, 2.75) is 26.2 Å². The molecule has 1 aromatic heterocycles. The number of hydrogen-bond donors (Lipinski definition) is 2. The summed E-state index contributed by atoms with van der Waals surface area (Å²) in [5.41, 5.74) is 3.41. The maximum atomic E-state index is 12.3. The second-order valence-electron chi connectivity index (χ2n) is 6.51. The zero-order chi connectivity index (χ0) is 16.6. The predicted octanol–water partition coefficient (Wildman–Crippen LogP) is 3.67. The molecule has 5 nitrogen and oxygen atoms in total. The van der Waals surface area contributed by atoms with E-state index in [4.69, 9.17) is 4.42 Å². The number of aromatic amines is 1. The van der Waals surface area contributed by atoms with Crippen molar-refractivity contribution >= 4 is 22.7 Å². The normalized spacial score (nSPS) is 11.6. The number of rotatable bonds is 2. The largest absolute Gasteiger partial charge is 0.417 e. The molecule has 3 aromatic rings. The van der Waals surface area contributed by atoms with Crippen molar-refractivity contribution < 1.29 is 9.21 Å². The standard InChI is InChI=1S/C18H18N2O3/c1-18(2,3)12-6-4-11(5-7-12)16(21)19-13-8-9-15-14(10-13)20-17(22)23-15/h4-10H,1-3H3,(H,19,21)(H,20,22). The third-order valence-corrected chi connectivity index (χ3v) is 3.69. The minimum atomic E-state index is -0.513. The van der Waals surface area contributed by atoms with E-state index in [2.05, 4.69) is 31.1 Å². The number of amides is 1. The Bertz CT molecular complexity index is 912. The molecule has 0 aliphatic heterocycles. The van der Waals surface area contributed by atoms with Gasteiger partial charge in [-0.1, -0.05) is 32.9 Å². The first-order valence-electron chi connectivity index (χ1n) is 7.38. The minimum Gasteiger partial charge on any atom is -0.408 e. The van der Waals surface area contributed by atoms with Gasteiger partial charge in [-0.25, -0.2) is 4.79 Å². The zero-order valence-electron chi connectivity index (χ0n) is 13.3. The fraction of sp³-hybridized carbons (Fsp3) is 0.222. The van der Waals surface area contributed by atoms with Gasteiger partial charge in [0.1, 0.15) is 0 Å². The van der Waals surface area contributed by atoms with Gasteiger partial charge in [0, 0.05) is 11.3 Å². The van der Waals surface area contributed by atoms with Crippen molar-refractivity contribution in [2.24, 2.45) is 0 Å². The molecule has 0 aliphatic carbocycles. The van der Waals surface area contributed by atoms with Crippen molar-refractivity contribution in [3.63, 3.8) is 0 Å². The molecule has 0 aliphatic rings. The zero-order valence-corrected chi connectivity index (χ0v) is 13.3. The van der Waals surface area contributed by atoms with Crippen LogP contribution in [0.2, 0.25) is 0 Å². The highest BCUT2D eigenvalue weighted by atomic mass is 16.4. The average molecular weight is 310 g/mol. The Morgan fingerprint density at radius 2 is 1.78 bits per heavy atom. The van der Waals surface area contributed by atoms with Gasteiger partial charge in [0.05, 0.1) is 5.52 Å². The summed E-state index contributed by atoms with van der Waals surface area (Å²) in [5.74, 6) is -0.711. The van der Waals surface area contributed by atoms with Crippen LogP contribution in [0.15, 0.2) is 51.7 Å². The second kappa shape index (κ2) is 5.43. The summed E-state index contributed by atoms with van der Waals surface area (Å²) >= 11 is 0. The van der Waals surface area contributed by atoms with Crippen LogP contribution in [0.25, 0.3) is 11.1 Å².